The number of alkyl halides is 2. The fourth-order valence-electron chi connectivity index (χ4n) is 0.239. The van der Waals surface area contributed by atoms with E-state index < -0.39 is 6.43 Å². The van der Waals surface area contributed by atoms with Gasteiger partial charge in [-0.25, -0.2) is 8.78 Å². The van der Waals surface area contributed by atoms with Crippen molar-refractivity contribution in [3.05, 3.63) is 12.2 Å². The Kier molecular flexibility index (Phi) is 3.56. The molecule has 0 amide bonds. The summed E-state index contributed by atoms with van der Waals surface area (Å²) in [5.74, 6) is 0. The minimum Gasteiger partial charge on any atom is -0.206 e. The monoisotopic (exact) mass is 106 g/mol. The third-order valence-electron chi connectivity index (χ3n) is 0.517. The molecule has 0 aliphatic heterocycles. The summed E-state index contributed by atoms with van der Waals surface area (Å²) in [5, 5.41) is 0. The number of rotatable bonds is 2. The van der Waals surface area contributed by atoms with Crippen LogP contribution in [0.2, 0.25) is 0 Å². The van der Waals surface area contributed by atoms with Gasteiger partial charge in [-0.1, -0.05) is 13.0 Å². The summed E-state index contributed by atoms with van der Waals surface area (Å²) in [6.07, 6.45) is 0.745. The highest BCUT2D eigenvalue weighted by Crippen LogP contribution is 1.93. The lowest BCUT2D eigenvalue weighted by Crippen LogP contribution is -1.77. The van der Waals surface area contributed by atoms with Crippen LogP contribution in [0.25, 0.3) is 0 Å². The predicted octanol–water partition coefficient (Wildman–Crippen LogP) is 2.22. The van der Waals surface area contributed by atoms with E-state index in [9.17, 15) is 8.78 Å². The number of allylic oxidation sites excluding steroid dienone is 2. The molecule has 0 radical (unpaired) electrons. The van der Waals surface area contributed by atoms with E-state index in [0.717, 1.165) is 6.08 Å². The molecule has 0 N–H and O–H groups in total. The zero-order valence-corrected chi connectivity index (χ0v) is 4.20. The summed E-state index contributed by atoms with van der Waals surface area (Å²) < 4.78 is 22.3. The van der Waals surface area contributed by atoms with Crippen LogP contribution in [-0.4, -0.2) is 6.43 Å². The molecule has 0 nitrogen and oxygen atoms in total. The SMILES string of the molecule is CC/C=C/C(F)F. The maximum atomic E-state index is 11.1. The zero-order chi connectivity index (χ0) is 5.70. The third kappa shape index (κ3) is 5.60. The van der Waals surface area contributed by atoms with Crippen molar-refractivity contribution in [1.82, 2.24) is 0 Å². The van der Waals surface area contributed by atoms with Crippen LogP contribution in [0.3, 0.4) is 0 Å². The largest absolute Gasteiger partial charge is 0.257 e. The van der Waals surface area contributed by atoms with Crippen molar-refractivity contribution in [2.75, 3.05) is 0 Å². The van der Waals surface area contributed by atoms with Crippen molar-refractivity contribution in [1.29, 1.82) is 0 Å². The van der Waals surface area contributed by atoms with Gasteiger partial charge in [0.15, 0.2) is 0 Å². The second-order valence-corrected chi connectivity index (χ2v) is 1.17. The molecule has 0 atom stereocenters. The molecule has 0 aromatic rings. The normalized spacial score (nSPS) is 11.4. The summed E-state index contributed by atoms with van der Waals surface area (Å²) >= 11 is 0. The van der Waals surface area contributed by atoms with E-state index in [0.29, 0.717) is 6.42 Å². The summed E-state index contributed by atoms with van der Waals surface area (Å²) in [6, 6.07) is 0. The van der Waals surface area contributed by atoms with E-state index in [1.54, 1.807) is 0 Å². The highest BCUT2D eigenvalue weighted by molar-refractivity contribution is 4.82. The van der Waals surface area contributed by atoms with Crippen LogP contribution in [0.1, 0.15) is 13.3 Å². The van der Waals surface area contributed by atoms with Gasteiger partial charge in [-0.3, -0.25) is 0 Å². The van der Waals surface area contributed by atoms with Gasteiger partial charge in [0, 0.05) is 0 Å². The summed E-state index contributed by atoms with van der Waals surface area (Å²) in [4.78, 5) is 0. The van der Waals surface area contributed by atoms with Gasteiger partial charge in [-0.2, -0.15) is 0 Å². The van der Waals surface area contributed by atoms with E-state index in [1.807, 2.05) is 6.92 Å². The van der Waals surface area contributed by atoms with Gasteiger partial charge in [0.1, 0.15) is 0 Å². The molecular weight excluding hydrogens is 98.1 g/mol. The van der Waals surface area contributed by atoms with Crippen molar-refractivity contribution < 1.29 is 8.78 Å². The topological polar surface area (TPSA) is 0 Å². The Hall–Kier alpha value is -0.400. The molecule has 0 aliphatic rings. The van der Waals surface area contributed by atoms with Gasteiger partial charge >= 0.3 is 0 Å². The molecule has 0 saturated heterocycles. The first-order valence-corrected chi connectivity index (χ1v) is 2.22. The molecule has 0 saturated carbocycles. The fourth-order valence-corrected chi connectivity index (χ4v) is 0.239. The molecule has 0 fully saturated rings. The van der Waals surface area contributed by atoms with Crippen LogP contribution >= 0.6 is 0 Å². The maximum absolute atomic E-state index is 11.1. The highest BCUT2D eigenvalue weighted by atomic mass is 19.3. The number of halogens is 2. The molecule has 2 heteroatoms. The predicted molar refractivity (Wildman–Crippen MR) is 25.4 cm³/mol. The lowest BCUT2D eigenvalue weighted by atomic mass is 10.4. The fraction of sp³-hybridized carbons (Fsp3) is 0.600. The van der Waals surface area contributed by atoms with Crippen LogP contribution in [0, 0.1) is 0 Å². The summed E-state index contributed by atoms with van der Waals surface area (Å²) in [5.41, 5.74) is 0. The first-order valence-electron chi connectivity index (χ1n) is 2.22. The molecule has 0 spiro atoms. The van der Waals surface area contributed by atoms with Crippen molar-refractivity contribution in [3.63, 3.8) is 0 Å². The van der Waals surface area contributed by atoms with E-state index in [1.165, 1.54) is 6.08 Å². The van der Waals surface area contributed by atoms with Crippen molar-refractivity contribution in [3.8, 4) is 0 Å². The van der Waals surface area contributed by atoms with Crippen LogP contribution in [-0.2, 0) is 0 Å². The lowest BCUT2D eigenvalue weighted by Gasteiger charge is -1.81. The van der Waals surface area contributed by atoms with Crippen LogP contribution < -0.4 is 0 Å². The Morgan fingerprint density at radius 2 is 2.14 bits per heavy atom. The van der Waals surface area contributed by atoms with Crippen molar-refractivity contribution in [2.24, 2.45) is 0 Å². The summed E-state index contributed by atoms with van der Waals surface area (Å²) in [7, 11) is 0. The average molecular weight is 106 g/mol. The summed E-state index contributed by atoms with van der Waals surface area (Å²) in [6.45, 7) is 1.82. The molecular formula is C5H8F2. The molecule has 0 aliphatic carbocycles. The van der Waals surface area contributed by atoms with Crippen LogP contribution in [0.5, 0.6) is 0 Å². The van der Waals surface area contributed by atoms with E-state index in [4.69, 9.17) is 0 Å². The first-order chi connectivity index (χ1) is 3.27. The molecule has 0 unspecified atom stereocenters. The van der Waals surface area contributed by atoms with E-state index in [-0.39, 0.29) is 0 Å². The molecule has 42 valence electrons. The van der Waals surface area contributed by atoms with Gasteiger partial charge < -0.3 is 0 Å². The van der Waals surface area contributed by atoms with Gasteiger partial charge in [0.25, 0.3) is 6.43 Å². The van der Waals surface area contributed by atoms with Gasteiger partial charge in [0.2, 0.25) is 0 Å². The molecule has 0 heterocycles. The average Bonchev–Trinajstić information content (AvgIpc) is 1.61. The third-order valence-corrected chi connectivity index (χ3v) is 0.517. The van der Waals surface area contributed by atoms with Gasteiger partial charge in [-0.05, 0) is 12.5 Å². The minimum atomic E-state index is -2.28. The van der Waals surface area contributed by atoms with E-state index in [2.05, 4.69) is 0 Å². The standard InChI is InChI=1S/C5H8F2/c1-2-3-4-5(6)7/h3-5H,2H2,1H3/b4-3+. The second kappa shape index (κ2) is 3.78. The van der Waals surface area contributed by atoms with Gasteiger partial charge in [0.05, 0.1) is 0 Å². The Bertz CT molecular complexity index is 57.1. The first kappa shape index (κ1) is 6.60. The van der Waals surface area contributed by atoms with Crippen LogP contribution in [0.4, 0.5) is 8.78 Å². The lowest BCUT2D eigenvalue weighted by molar-refractivity contribution is 0.204. The molecule has 0 bridgehead atoms. The smallest absolute Gasteiger partial charge is 0.206 e. The molecule has 0 aromatic carbocycles. The second-order valence-electron chi connectivity index (χ2n) is 1.17. The maximum Gasteiger partial charge on any atom is 0.257 e. The number of hydrogen-bond donors (Lipinski definition) is 0. The van der Waals surface area contributed by atoms with Crippen molar-refractivity contribution in [2.45, 2.75) is 19.8 Å². The Labute approximate surface area is 41.8 Å². The van der Waals surface area contributed by atoms with E-state index >= 15 is 0 Å². The minimum absolute atomic E-state index is 0.685. The van der Waals surface area contributed by atoms with Gasteiger partial charge in [-0.15, -0.1) is 0 Å². The molecule has 0 rings (SSSR count). The quantitative estimate of drug-likeness (QED) is 0.473. The Balaban J connectivity index is 3.08. The Morgan fingerprint density at radius 3 is 2.29 bits per heavy atom. The Morgan fingerprint density at radius 1 is 1.57 bits per heavy atom. The highest BCUT2D eigenvalue weighted by Gasteiger charge is 1.88. The molecule has 7 heavy (non-hydrogen) atoms. The van der Waals surface area contributed by atoms with Crippen LogP contribution in [0.15, 0.2) is 12.2 Å². The van der Waals surface area contributed by atoms with Crippen molar-refractivity contribution >= 4 is 0 Å². The molecule has 0 aromatic heterocycles. The zero-order valence-electron chi connectivity index (χ0n) is 4.20. The number of hydrogen-bond acceptors (Lipinski definition) is 0.